The summed E-state index contributed by atoms with van der Waals surface area (Å²) in [6.45, 7) is 1.40. The molecule has 1 aliphatic carbocycles. The van der Waals surface area contributed by atoms with Crippen LogP contribution in [-0.4, -0.2) is 55.9 Å². The molecular formula is C13H22N6O2S. The van der Waals surface area contributed by atoms with Crippen molar-refractivity contribution in [1.82, 2.24) is 19.0 Å². The van der Waals surface area contributed by atoms with Crippen LogP contribution in [0.25, 0.3) is 0 Å². The molecule has 1 aliphatic heterocycles. The molecule has 1 saturated carbocycles. The molecule has 22 heavy (non-hydrogen) atoms. The molecule has 2 atom stereocenters. The van der Waals surface area contributed by atoms with Gasteiger partial charge in [0, 0.05) is 39.3 Å². The summed E-state index contributed by atoms with van der Waals surface area (Å²) in [5, 5.41) is 0. The molecule has 0 spiro atoms. The number of hydrogen-bond acceptors (Lipinski definition) is 6. The maximum Gasteiger partial charge on any atom is 0.279 e. The third-order valence-electron chi connectivity index (χ3n) is 4.37. The van der Waals surface area contributed by atoms with Crippen LogP contribution in [0.3, 0.4) is 0 Å². The minimum atomic E-state index is -3.43. The Morgan fingerprint density at radius 1 is 1.32 bits per heavy atom. The SMILES string of the molecule is CN(C)S(=O)(=O)N[C@H]1CN(c2cc(N)ncn2)C[C@@H]1C1CC1. The number of nitrogens with two attached hydrogens (primary N) is 1. The van der Waals surface area contributed by atoms with E-state index in [9.17, 15) is 8.42 Å². The van der Waals surface area contributed by atoms with Gasteiger partial charge < -0.3 is 10.6 Å². The second-order valence-electron chi connectivity index (χ2n) is 6.22. The molecule has 2 heterocycles. The molecule has 2 aliphatic rings. The Kier molecular flexibility index (Phi) is 3.96. The van der Waals surface area contributed by atoms with Crippen LogP contribution >= 0.6 is 0 Å². The molecule has 2 fully saturated rings. The first kappa shape index (κ1) is 15.4. The molecule has 122 valence electrons. The van der Waals surface area contributed by atoms with Gasteiger partial charge in [0.25, 0.3) is 10.2 Å². The number of anilines is 2. The van der Waals surface area contributed by atoms with Crippen molar-refractivity contribution in [2.75, 3.05) is 37.8 Å². The van der Waals surface area contributed by atoms with E-state index in [4.69, 9.17) is 5.73 Å². The van der Waals surface area contributed by atoms with Crippen LogP contribution in [0.4, 0.5) is 11.6 Å². The van der Waals surface area contributed by atoms with Crippen LogP contribution < -0.4 is 15.4 Å². The van der Waals surface area contributed by atoms with E-state index in [1.54, 1.807) is 6.07 Å². The molecule has 1 aromatic rings. The fraction of sp³-hybridized carbons (Fsp3) is 0.692. The predicted octanol–water partition coefficient (Wildman–Crippen LogP) is -0.330. The summed E-state index contributed by atoms with van der Waals surface area (Å²) < 4.78 is 28.3. The molecule has 8 nitrogen and oxygen atoms in total. The molecule has 3 rings (SSSR count). The van der Waals surface area contributed by atoms with Crippen molar-refractivity contribution < 1.29 is 8.42 Å². The largest absolute Gasteiger partial charge is 0.384 e. The molecule has 3 N–H and O–H groups in total. The van der Waals surface area contributed by atoms with Gasteiger partial charge in [-0.3, -0.25) is 0 Å². The van der Waals surface area contributed by atoms with Crippen molar-refractivity contribution in [2.45, 2.75) is 18.9 Å². The van der Waals surface area contributed by atoms with Crippen LogP contribution in [0.2, 0.25) is 0 Å². The minimum absolute atomic E-state index is 0.101. The molecule has 0 unspecified atom stereocenters. The molecule has 1 saturated heterocycles. The smallest absolute Gasteiger partial charge is 0.279 e. The van der Waals surface area contributed by atoms with Crippen LogP contribution in [0.1, 0.15) is 12.8 Å². The Balaban J connectivity index is 1.78. The van der Waals surface area contributed by atoms with Gasteiger partial charge in [-0.05, 0) is 24.7 Å². The van der Waals surface area contributed by atoms with Gasteiger partial charge >= 0.3 is 0 Å². The van der Waals surface area contributed by atoms with Crippen molar-refractivity contribution in [3.05, 3.63) is 12.4 Å². The maximum atomic E-state index is 12.1. The van der Waals surface area contributed by atoms with Crippen LogP contribution in [0.15, 0.2) is 12.4 Å². The number of rotatable bonds is 5. The standard InChI is InChI=1S/C13H22N6O2S/c1-18(2)22(20,21)17-11-7-19(6-10(11)9-3-4-9)13-5-12(14)15-8-16-13/h5,8-11,17H,3-4,6-7H2,1-2H3,(H2,14,15,16)/t10-,11+/m1/s1. The molecule has 1 aromatic heterocycles. The zero-order valence-corrected chi connectivity index (χ0v) is 13.6. The maximum absolute atomic E-state index is 12.1. The third-order valence-corrected chi connectivity index (χ3v) is 5.93. The highest BCUT2D eigenvalue weighted by Crippen LogP contribution is 2.42. The Hall–Kier alpha value is -1.45. The average Bonchev–Trinajstić information content (AvgIpc) is 3.20. The van der Waals surface area contributed by atoms with Gasteiger partial charge in [0.05, 0.1) is 0 Å². The van der Waals surface area contributed by atoms with Crippen molar-refractivity contribution in [3.63, 3.8) is 0 Å². The highest BCUT2D eigenvalue weighted by atomic mass is 32.2. The van der Waals surface area contributed by atoms with Gasteiger partial charge in [0.15, 0.2) is 0 Å². The highest BCUT2D eigenvalue weighted by molar-refractivity contribution is 7.87. The van der Waals surface area contributed by atoms with Crippen LogP contribution in [0.5, 0.6) is 0 Å². The number of nitrogens with zero attached hydrogens (tertiary/aromatic N) is 4. The summed E-state index contributed by atoms with van der Waals surface area (Å²) in [5.74, 6) is 2.08. The summed E-state index contributed by atoms with van der Waals surface area (Å²) in [6, 6.07) is 1.63. The van der Waals surface area contributed by atoms with E-state index >= 15 is 0 Å². The molecular weight excluding hydrogens is 304 g/mol. The second kappa shape index (κ2) is 5.64. The number of hydrogen-bond donors (Lipinski definition) is 2. The van der Waals surface area contributed by atoms with Crippen molar-refractivity contribution in [1.29, 1.82) is 0 Å². The van der Waals surface area contributed by atoms with Crippen LogP contribution in [-0.2, 0) is 10.2 Å². The zero-order chi connectivity index (χ0) is 15.9. The minimum Gasteiger partial charge on any atom is -0.384 e. The van der Waals surface area contributed by atoms with Gasteiger partial charge in [0.1, 0.15) is 18.0 Å². The summed E-state index contributed by atoms with van der Waals surface area (Å²) in [6.07, 6.45) is 3.78. The molecule has 0 amide bonds. The predicted molar refractivity (Wildman–Crippen MR) is 84.4 cm³/mol. The lowest BCUT2D eigenvalue weighted by atomic mass is 9.99. The highest BCUT2D eigenvalue weighted by Gasteiger charge is 2.44. The molecule has 0 radical (unpaired) electrons. The monoisotopic (exact) mass is 326 g/mol. The van der Waals surface area contributed by atoms with E-state index in [0.29, 0.717) is 24.2 Å². The fourth-order valence-electron chi connectivity index (χ4n) is 2.97. The third kappa shape index (κ3) is 3.16. The van der Waals surface area contributed by atoms with Gasteiger partial charge in [-0.25, -0.2) is 9.97 Å². The summed E-state index contributed by atoms with van der Waals surface area (Å²) >= 11 is 0. The van der Waals surface area contributed by atoms with E-state index < -0.39 is 10.2 Å². The van der Waals surface area contributed by atoms with E-state index in [1.165, 1.54) is 37.6 Å². The first-order valence-electron chi connectivity index (χ1n) is 7.39. The lowest BCUT2D eigenvalue weighted by molar-refractivity contribution is 0.413. The molecule has 9 heteroatoms. The lowest BCUT2D eigenvalue weighted by Gasteiger charge is -2.21. The zero-order valence-electron chi connectivity index (χ0n) is 12.8. The van der Waals surface area contributed by atoms with E-state index in [2.05, 4.69) is 19.6 Å². The van der Waals surface area contributed by atoms with E-state index in [-0.39, 0.29) is 6.04 Å². The Labute approximate surface area is 130 Å². The Morgan fingerprint density at radius 2 is 2.05 bits per heavy atom. The normalized spacial score (nSPS) is 25.9. The first-order chi connectivity index (χ1) is 10.4. The van der Waals surface area contributed by atoms with Crippen molar-refractivity contribution >= 4 is 21.8 Å². The number of nitrogen functional groups attached to an aromatic ring is 1. The summed E-state index contributed by atoms with van der Waals surface area (Å²) in [5.41, 5.74) is 5.71. The van der Waals surface area contributed by atoms with E-state index in [1.807, 2.05) is 0 Å². The quantitative estimate of drug-likeness (QED) is 0.768. The van der Waals surface area contributed by atoms with Gasteiger partial charge in [-0.2, -0.15) is 17.4 Å². The van der Waals surface area contributed by atoms with E-state index in [0.717, 1.165) is 12.4 Å². The topological polar surface area (TPSA) is 104 Å². The van der Waals surface area contributed by atoms with Crippen molar-refractivity contribution in [2.24, 2.45) is 11.8 Å². The summed E-state index contributed by atoms with van der Waals surface area (Å²) in [7, 11) is -0.367. The Morgan fingerprint density at radius 3 is 2.64 bits per heavy atom. The Bertz CT molecular complexity index is 646. The van der Waals surface area contributed by atoms with Gasteiger partial charge in [0.2, 0.25) is 0 Å². The van der Waals surface area contributed by atoms with Crippen LogP contribution in [0, 0.1) is 11.8 Å². The van der Waals surface area contributed by atoms with Gasteiger partial charge in [-0.1, -0.05) is 0 Å². The first-order valence-corrected chi connectivity index (χ1v) is 8.83. The fourth-order valence-corrected chi connectivity index (χ4v) is 3.82. The second-order valence-corrected chi connectivity index (χ2v) is 8.14. The number of aromatic nitrogens is 2. The number of nitrogens with one attached hydrogen (secondary N) is 1. The van der Waals surface area contributed by atoms with Crippen molar-refractivity contribution in [3.8, 4) is 0 Å². The molecule has 0 bridgehead atoms. The molecule has 0 aromatic carbocycles. The average molecular weight is 326 g/mol. The lowest BCUT2D eigenvalue weighted by Crippen LogP contribution is -2.46. The van der Waals surface area contributed by atoms with Gasteiger partial charge in [-0.15, -0.1) is 0 Å². The summed E-state index contributed by atoms with van der Waals surface area (Å²) in [4.78, 5) is 10.2.